The van der Waals surface area contributed by atoms with Crippen molar-refractivity contribution in [3.05, 3.63) is 12.4 Å². The molecule has 0 saturated carbocycles. The fourth-order valence-electron chi connectivity index (χ4n) is 0.397. The number of rotatable bonds is 5. The van der Waals surface area contributed by atoms with Crippen molar-refractivity contribution in [1.82, 2.24) is 0 Å². The molecule has 0 heterocycles. The van der Waals surface area contributed by atoms with Gasteiger partial charge in [-0.15, -0.1) is 12.8 Å². The lowest BCUT2D eigenvalue weighted by atomic mass is 10.8. The summed E-state index contributed by atoms with van der Waals surface area (Å²) in [6, 6.07) is 0. The normalized spacial score (nSPS) is 9.83. The monoisotopic (exact) mass is 184 g/mol. The Bertz CT molecular complexity index is 247. The molecule has 4 heteroatoms. The molecule has 64 valence electrons. The molecule has 0 bridgehead atoms. The third kappa shape index (κ3) is 4.01. The van der Waals surface area contributed by atoms with E-state index in [1.165, 1.54) is 0 Å². The van der Waals surface area contributed by atoms with Gasteiger partial charge in [-0.1, -0.05) is 18.4 Å². The molecule has 0 amide bonds. The maximum Gasteiger partial charge on any atom is 0.355 e. The minimum absolute atomic E-state index is 0.0894. The van der Waals surface area contributed by atoms with E-state index in [0.29, 0.717) is 0 Å². The molecular weight excluding hydrogens is 175 g/mol. The average molecular weight is 184 g/mol. The van der Waals surface area contributed by atoms with Crippen LogP contribution in [0, 0.1) is 24.7 Å². The molecule has 0 aliphatic rings. The summed E-state index contributed by atoms with van der Waals surface area (Å²) < 4.78 is 20.8. The van der Waals surface area contributed by atoms with Crippen molar-refractivity contribution >= 4 is 7.60 Å². The lowest BCUT2D eigenvalue weighted by molar-refractivity contribution is 0.252. The van der Waals surface area contributed by atoms with Crippen LogP contribution in [0.1, 0.15) is 0 Å². The quantitative estimate of drug-likeness (QED) is 0.481. The van der Waals surface area contributed by atoms with E-state index in [1.807, 2.05) is 0 Å². The highest BCUT2D eigenvalue weighted by Crippen LogP contribution is 2.48. The van der Waals surface area contributed by atoms with Crippen molar-refractivity contribution < 1.29 is 13.6 Å². The van der Waals surface area contributed by atoms with Crippen LogP contribution in [0.2, 0.25) is 0 Å². The third-order valence-electron chi connectivity index (χ3n) is 0.879. The molecule has 0 radical (unpaired) electrons. The van der Waals surface area contributed by atoms with E-state index >= 15 is 0 Å². The highest BCUT2D eigenvalue weighted by atomic mass is 31.2. The van der Waals surface area contributed by atoms with Gasteiger partial charge < -0.3 is 0 Å². The Balaban J connectivity index is 4.09. The molecule has 0 aromatic carbocycles. The zero-order valence-electron chi connectivity index (χ0n) is 6.53. The standard InChI is InChI=1S/C8H9O3P/c1-4-7-10-12(9,6-3)11-8-5-2/h1-2,6H,3,7-8H2. The first-order valence-electron chi connectivity index (χ1n) is 3.08. The summed E-state index contributed by atoms with van der Waals surface area (Å²) in [5.41, 5.74) is 0. The van der Waals surface area contributed by atoms with Crippen LogP contribution in [0.15, 0.2) is 12.4 Å². The molecule has 0 rings (SSSR count). The zero-order chi connectivity index (χ0) is 9.45. The molecule has 0 N–H and O–H groups in total. The molecule has 0 aromatic heterocycles. The maximum atomic E-state index is 11.3. The van der Waals surface area contributed by atoms with E-state index in [2.05, 4.69) is 18.4 Å². The summed E-state index contributed by atoms with van der Waals surface area (Å²) in [5, 5.41) is 0. The van der Waals surface area contributed by atoms with Gasteiger partial charge in [-0.05, 0) is 0 Å². The van der Waals surface area contributed by atoms with Crippen LogP contribution in [0.4, 0.5) is 0 Å². The Kier molecular flexibility index (Phi) is 5.17. The molecule has 3 nitrogen and oxygen atoms in total. The zero-order valence-corrected chi connectivity index (χ0v) is 7.42. The van der Waals surface area contributed by atoms with Crippen LogP contribution in [-0.2, 0) is 13.6 Å². The van der Waals surface area contributed by atoms with Gasteiger partial charge in [0.15, 0.2) is 0 Å². The van der Waals surface area contributed by atoms with E-state index in [4.69, 9.17) is 21.9 Å². The highest BCUT2D eigenvalue weighted by Gasteiger charge is 2.18. The minimum atomic E-state index is -3.25. The van der Waals surface area contributed by atoms with Crippen molar-refractivity contribution in [3.63, 3.8) is 0 Å². The van der Waals surface area contributed by atoms with Crippen LogP contribution in [0.5, 0.6) is 0 Å². The molecule has 12 heavy (non-hydrogen) atoms. The van der Waals surface area contributed by atoms with Gasteiger partial charge in [0.25, 0.3) is 0 Å². The summed E-state index contributed by atoms with van der Waals surface area (Å²) >= 11 is 0. The van der Waals surface area contributed by atoms with Gasteiger partial charge in [0, 0.05) is 5.82 Å². The van der Waals surface area contributed by atoms with Crippen LogP contribution in [0.3, 0.4) is 0 Å². The van der Waals surface area contributed by atoms with Gasteiger partial charge >= 0.3 is 7.60 Å². The molecule has 0 saturated heterocycles. The summed E-state index contributed by atoms with van der Waals surface area (Å²) in [7, 11) is -3.25. The van der Waals surface area contributed by atoms with E-state index in [1.54, 1.807) is 0 Å². The summed E-state index contributed by atoms with van der Waals surface area (Å²) in [6.07, 6.45) is 9.79. The second kappa shape index (κ2) is 5.63. The molecule has 0 aliphatic carbocycles. The van der Waals surface area contributed by atoms with Crippen molar-refractivity contribution in [2.75, 3.05) is 13.2 Å². The molecule has 0 aliphatic heterocycles. The smallest absolute Gasteiger partial charge is 0.293 e. The van der Waals surface area contributed by atoms with Crippen LogP contribution >= 0.6 is 7.60 Å². The van der Waals surface area contributed by atoms with Gasteiger partial charge in [0.2, 0.25) is 0 Å². The Morgan fingerprint density at radius 3 is 2.00 bits per heavy atom. The molecule has 0 aromatic rings. The Labute approximate surface area is 72.3 Å². The predicted octanol–water partition coefficient (Wildman–Crippen LogP) is 1.62. The van der Waals surface area contributed by atoms with Crippen molar-refractivity contribution in [2.24, 2.45) is 0 Å². The van der Waals surface area contributed by atoms with Gasteiger partial charge in [-0.25, -0.2) is 0 Å². The fraction of sp³-hybridized carbons (Fsp3) is 0.250. The molecule has 0 spiro atoms. The van der Waals surface area contributed by atoms with Crippen molar-refractivity contribution in [1.29, 1.82) is 0 Å². The first-order valence-corrected chi connectivity index (χ1v) is 4.69. The second-order valence-electron chi connectivity index (χ2n) is 1.68. The third-order valence-corrected chi connectivity index (χ3v) is 2.30. The van der Waals surface area contributed by atoms with Gasteiger partial charge in [-0.2, -0.15) is 0 Å². The van der Waals surface area contributed by atoms with Crippen LogP contribution < -0.4 is 0 Å². The van der Waals surface area contributed by atoms with Crippen LogP contribution in [0.25, 0.3) is 0 Å². The summed E-state index contributed by atoms with van der Waals surface area (Å²) in [6.45, 7) is 3.11. The van der Waals surface area contributed by atoms with Gasteiger partial charge in [0.05, 0.1) is 0 Å². The second-order valence-corrected chi connectivity index (χ2v) is 3.64. The van der Waals surface area contributed by atoms with E-state index in [-0.39, 0.29) is 13.2 Å². The molecular formula is C8H9O3P. The number of terminal acetylenes is 2. The van der Waals surface area contributed by atoms with Gasteiger partial charge in [0.1, 0.15) is 13.2 Å². The maximum absolute atomic E-state index is 11.3. The fourth-order valence-corrected chi connectivity index (χ4v) is 1.19. The number of hydrogen-bond acceptors (Lipinski definition) is 3. The van der Waals surface area contributed by atoms with E-state index in [9.17, 15) is 4.57 Å². The largest absolute Gasteiger partial charge is 0.355 e. The Hall–Kier alpha value is -0.990. The molecule has 0 atom stereocenters. The lowest BCUT2D eigenvalue weighted by Gasteiger charge is -2.10. The van der Waals surface area contributed by atoms with Crippen LogP contribution in [-0.4, -0.2) is 13.2 Å². The Morgan fingerprint density at radius 2 is 1.75 bits per heavy atom. The molecule has 0 unspecified atom stereocenters. The topological polar surface area (TPSA) is 35.5 Å². The van der Waals surface area contributed by atoms with E-state index in [0.717, 1.165) is 5.82 Å². The SMILES string of the molecule is C#CCOP(=O)(C=C)OCC#C. The minimum Gasteiger partial charge on any atom is -0.293 e. The Morgan fingerprint density at radius 1 is 1.33 bits per heavy atom. The number of hydrogen-bond donors (Lipinski definition) is 0. The average Bonchev–Trinajstić information content (AvgIpc) is 2.11. The first kappa shape index (κ1) is 11.0. The van der Waals surface area contributed by atoms with Gasteiger partial charge in [-0.3, -0.25) is 13.6 Å². The highest BCUT2D eigenvalue weighted by molar-refractivity contribution is 7.57. The summed E-state index contributed by atoms with van der Waals surface area (Å²) in [5.74, 6) is 5.39. The van der Waals surface area contributed by atoms with E-state index < -0.39 is 7.60 Å². The van der Waals surface area contributed by atoms with Crippen molar-refractivity contribution in [2.45, 2.75) is 0 Å². The predicted molar refractivity (Wildman–Crippen MR) is 47.4 cm³/mol. The lowest BCUT2D eigenvalue weighted by Crippen LogP contribution is -1.93. The molecule has 0 fully saturated rings. The summed E-state index contributed by atoms with van der Waals surface area (Å²) in [4.78, 5) is 0. The van der Waals surface area contributed by atoms with Crippen molar-refractivity contribution in [3.8, 4) is 24.7 Å². The first-order chi connectivity index (χ1) is 5.68.